The molecule has 5 heteroatoms. The van der Waals surface area contributed by atoms with Gasteiger partial charge < -0.3 is 5.11 Å². The molecule has 0 spiro atoms. The Morgan fingerprint density at radius 2 is 2.21 bits per heavy atom. The molecule has 0 fully saturated rings. The van der Waals surface area contributed by atoms with Crippen molar-refractivity contribution in [2.24, 2.45) is 0 Å². The van der Waals surface area contributed by atoms with Crippen LogP contribution in [0.4, 0.5) is 0 Å². The first-order valence-electron chi connectivity index (χ1n) is 4.82. The summed E-state index contributed by atoms with van der Waals surface area (Å²) in [6.07, 6.45) is 1.78. The molecule has 0 unspecified atom stereocenters. The number of carbonyl (C=O) groups is 1. The Labute approximate surface area is 82.7 Å². The van der Waals surface area contributed by atoms with Gasteiger partial charge in [0.05, 0.1) is 17.8 Å². The van der Waals surface area contributed by atoms with E-state index in [1.807, 2.05) is 6.92 Å². The molecule has 0 aromatic carbocycles. The van der Waals surface area contributed by atoms with Gasteiger partial charge in [-0.15, -0.1) is 5.10 Å². The molecule has 1 aromatic heterocycles. The van der Waals surface area contributed by atoms with E-state index in [9.17, 15) is 4.79 Å². The molecule has 5 nitrogen and oxygen atoms in total. The van der Waals surface area contributed by atoms with Crippen molar-refractivity contribution < 1.29 is 9.90 Å². The second-order valence-corrected chi connectivity index (χ2v) is 3.12. The topological polar surface area (TPSA) is 68.0 Å². The van der Waals surface area contributed by atoms with E-state index < -0.39 is 5.97 Å². The van der Waals surface area contributed by atoms with Crippen LogP contribution in [-0.4, -0.2) is 26.1 Å². The fourth-order valence-corrected chi connectivity index (χ4v) is 1.41. The molecule has 0 amide bonds. The van der Waals surface area contributed by atoms with Crippen LogP contribution in [0.3, 0.4) is 0 Å². The highest BCUT2D eigenvalue weighted by molar-refractivity contribution is 5.69. The van der Waals surface area contributed by atoms with E-state index in [2.05, 4.69) is 17.2 Å². The maximum Gasteiger partial charge on any atom is 0.309 e. The van der Waals surface area contributed by atoms with E-state index in [1.54, 1.807) is 4.68 Å². The van der Waals surface area contributed by atoms with E-state index in [-0.39, 0.29) is 6.42 Å². The summed E-state index contributed by atoms with van der Waals surface area (Å²) in [4.78, 5) is 10.5. The normalized spacial score (nSPS) is 10.4. The van der Waals surface area contributed by atoms with Crippen LogP contribution in [-0.2, 0) is 24.2 Å². The van der Waals surface area contributed by atoms with Crippen LogP contribution < -0.4 is 0 Å². The summed E-state index contributed by atoms with van der Waals surface area (Å²) in [5.74, 6) is -0.856. The van der Waals surface area contributed by atoms with E-state index in [0.29, 0.717) is 5.69 Å². The van der Waals surface area contributed by atoms with Crippen LogP contribution in [0, 0.1) is 0 Å². The van der Waals surface area contributed by atoms with Crippen LogP contribution in [0.2, 0.25) is 0 Å². The molecule has 0 radical (unpaired) electrons. The second kappa shape index (κ2) is 4.74. The third-order valence-electron chi connectivity index (χ3n) is 2.02. The Kier molecular flexibility index (Phi) is 3.62. The van der Waals surface area contributed by atoms with Gasteiger partial charge in [0.15, 0.2) is 0 Å². The molecule has 0 aliphatic carbocycles. The first kappa shape index (κ1) is 10.7. The van der Waals surface area contributed by atoms with Gasteiger partial charge in [-0.3, -0.25) is 4.79 Å². The lowest BCUT2D eigenvalue weighted by Gasteiger charge is -2.02. The smallest absolute Gasteiger partial charge is 0.309 e. The van der Waals surface area contributed by atoms with Gasteiger partial charge in [-0.05, 0) is 13.3 Å². The van der Waals surface area contributed by atoms with Crippen molar-refractivity contribution >= 4 is 5.97 Å². The van der Waals surface area contributed by atoms with Crippen molar-refractivity contribution in [1.29, 1.82) is 0 Å². The molecular formula is C9H15N3O2. The molecule has 1 aromatic rings. The number of aryl methyl sites for hydroxylation is 1. The number of aliphatic carboxylic acids is 1. The van der Waals surface area contributed by atoms with Gasteiger partial charge in [-0.25, -0.2) is 4.68 Å². The molecule has 1 rings (SSSR count). The average molecular weight is 197 g/mol. The second-order valence-electron chi connectivity index (χ2n) is 3.12. The van der Waals surface area contributed by atoms with Gasteiger partial charge in [-0.2, -0.15) is 0 Å². The maximum absolute atomic E-state index is 10.5. The Bertz CT molecular complexity index is 320. The third kappa shape index (κ3) is 2.31. The number of nitrogens with zero attached hydrogens (tertiary/aromatic N) is 3. The monoisotopic (exact) mass is 197 g/mol. The summed E-state index contributed by atoms with van der Waals surface area (Å²) in [6, 6.07) is 0. The summed E-state index contributed by atoms with van der Waals surface area (Å²) < 4.78 is 1.77. The summed E-state index contributed by atoms with van der Waals surface area (Å²) in [5, 5.41) is 16.5. The number of carboxylic acid groups (broad SMARTS) is 1. The first-order valence-corrected chi connectivity index (χ1v) is 4.82. The molecule has 78 valence electrons. The maximum atomic E-state index is 10.5. The quantitative estimate of drug-likeness (QED) is 0.760. The molecular weight excluding hydrogens is 182 g/mol. The molecule has 0 atom stereocenters. The van der Waals surface area contributed by atoms with Gasteiger partial charge in [0.2, 0.25) is 0 Å². The summed E-state index contributed by atoms with van der Waals surface area (Å²) in [6.45, 7) is 4.76. The summed E-state index contributed by atoms with van der Waals surface area (Å²) in [5.41, 5.74) is 1.55. The zero-order valence-corrected chi connectivity index (χ0v) is 8.53. The van der Waals surface area contributed by atoms with Crippen LogP contribution in [0.15, 0.2) is 0 Å². The molecule has 14 heavy (non-hydrogen) atoms. The van der Waals surface area contributed by atoms with Crippen LogP contribution in [0.1, 0.15) is 31.7 Å². The lowest BCUT2D eigenvalue weighted by atomic mass is 10.1. The van der Waals surface area contributed by atoms with Crippen molar-refractivity contribution in [1.82, 2.24) is 15.0 Å². The van der Waals surface area contributed by atoms with Crippen LogP contribution >= 0.6 is 0 Å². The Balaban J connectivity index is 2.91. The number of carboxylic acids is 1. The molecule has 0 aliphatic rings. The van der Waals surface area contributed by atoms with Gasteiger partial charge in [0.25, 0.3) is 0 Å². The molecule has 0 aliphatic heterocycles. The standard InChI is InChI=1S/C9H15N3O2/c1-3-5-8-7(6-9(13)14)10-11-12(8)4-2/h3-6H2,1-2H3,(H,13,14). The summed E-state index contributed by atoms with van der Waals surface area (Å²) in [7, 11) is 0. The minimum absolute atomic E-state index is 0.0324. The number of rotatable bonds is 5. The average Bonchev–Trinajstić information content (AvgIpc) is 2.48. The molecule has 1 heterocycles. The van der Waals surface area contributed by atoms with Gasteiger partial charge in [-0.1, -0.05) is 18.6 Å². The fourth-order valence-electron chi connectivity index (χ4n) is 1.41. The van der Waals surface area contributed by atoms with E-state index in [0.717, 1.165) is 25.1 Å². The van der Waals surface area contributed by atoms with Crippen LogP contribution in [0.25, 0.3) is 0 Å². The van der Waals surface area contributed by atoms with Crippen molar-refractivity contribution in [2.45, 2.75) is 39.7 Å². The Morgan fingerprint density at radius 1 is 1.50 bits per heavy atom. The molecule has 0 bridgehead atoms. The number of hydrogen-bond donors (Lipinski definition) is 1. The zero-order chi connectivity index (χ0) is 10.6. The fraction of sp³-hybridized carbons (Fsp3) is 0.667. The molecule has 0 saturated carbocycles. The minimum atomic E-state index is -0.856. The minimum Gasteiger partial charge on any atom is -0.481 e. The zero-order valence-electron chi connectivity index (χ0n) is 8.53. The van der Waals surface area contributed by atoms with Crippen molar-refractivity contribution in [3.8, 4) is 0 Å². The SMILES string of the molecule is CCCc1c(CC(=O)O)nnn1CC. The van der Waals surface area contributed by atoms with Crippen molar-refractivity contribution in [3.63, 3.8) is 0 Å². The Hall–Kier alpha value is -1.39. The van der Waals surface area contributed by atoms with Crippen molar-refractivity contribution in [3.05, 3.63) is 11.4 Å². The molecule has 1 N–H and O–H groups in total. The highest BCUT2D eigenvalue weighted by atomic mass is 16.4. The summed E-state index contributed by atoms with van der Waals surface area (Å²) >= 11 is 0. The largest absolute Gasteiger partial charge is 0.481 e. The number of hydrogen-bond acceptors (Lipinski definition) is 3. The van der Waals surface area contributed by atoms with Gasteiger partial charge >= 0.3 is 5.97 Å². The third-order valence-corrected chi connectivity index (χ3v) is 2.02. The highest BCUT2D eigenvalue weighted by Crippen LogP contribution is 2.09. The van der Waals surface area contributed by atoms with E-state index in [1.165, 1.54) is 0 Å². The van der Waals surface area contributed by atoms with E-state index >= 15 is 0 Å². The predicted molar refractivity (Wildman–Crippen MR) is 51.0 cm³/mol. The highest BCUT2D eigenvalue weighted by Gasteiger charge is 2.13. The van der Waals surface area contributed by atoms with Crippen LogP contribution in [0.5, 0.6) is 0 Å². The lowest BCUT2D eigenvalue weighted by Crippen LogP contribution is -2.07. The lowest BCUT2D eigenvalue weighted by molar-refractivity contribution is -0.136. The van der Waals surface area contributed by atoms with Gasteiger partial charge in [0.1, 0.15) is 0 Å². The number of aromatic nitrogens is 3. The first-order chi connectivity index (χ1) is 6.69. The van der Waals surface area contributed by atoms with E-state index in [4.69, 9.17) is 5.11 Å². The predicted octanol–water partition coefficient (Wildman–Crippen LogP) is 0.878. The Morgan fingerprint density at radius 3 is 2.71 bits per heavy atom. The van der Waals surface area contributed by atoms with Crippen molar-refractivity contribution in [2.75, 3.05) is 0 Å². The molecule has 0 saturated heterocycles. The van der Waals surface area contributed by atoms with Gasteiger partial charge in [0, 0.05) is 6.54 Å².